The van der Waals surface area contributed by atoms with Crippen LogP contribution in [0.2, 0.25) is 0 Å². The van der Waals surface area contributed by atoms with E-state index in [-0.39, 0.29) is 11.9 Å². The van der Waals surface area contributed by atoms with E-state index in [0.29, 0.717) is 12.6 Å². The maximum Gasteiger partial charge on any atom is 0.234 e. The predicted octanol–water partition coefficient (Wildman–Crippen LogP) is 2.38. The van der Waals surface area contributed by atoms with Gasteiger partial charge in [0.15, 0.2) is 0 Å². The molecule has 0 radical (unpaired) electrons. The third-order valence-electron chi connectivity index (χ3n) is 2.86. The molecule has 1 fully saturated rings. The van der Waals surface area contributed by atoms with Crippen LogP contribution in [0, 0.1) is 0 Å². The monoisotopic (exact) mass is 296 g/mol. The van der Waals surface area contributed by atoms with Crippen LogP contribution in [0.1, 0.15) is 31.4 Å². The van der Waals surface area contributed by atoms with Crippen LogP contribution in [-0.2, 0) is 4.79 Å². The van der Waals surface area contributed by atoms with Crippen LogP contribution in [0.15, 0.2) is 28.7 Å². The van der Waals surface area contributed by atoms with Crippen molar-refractivity contribution in [2.24, 2.45) is 0 Å². The summed E-state index contributed by atoms with van der Waals surface area (Å²) in [4.78, 5) is 11.5. The minimum atomic E-state index is 0.0920. The minimum absolute atomic E-state index is 0.0920. The molecule has 1 saturated carbocycles. The molecule has 3 nitrogen and oxygen atoms in total. The maximum absolute atomic E-state index is 11.5. The third kappa shape index (κ3) is 4.13. The lowest BCUT2D eigenvalue weighted by Gasteiger charge is -2.14. The van der Waals surface area contributed by atoms with Gasteiger partial charge >= 0.3 is 0 Å². The highest BCUT2D eigenvalue weighted by atomic mass is 79.9. The first kappa shape index (κ1) is 12.6. The van der Waals surface area contributed by atoms with Crippen molar-refractivity contribution < 1.29 is 4.79 Å². The Balaban J connectivity index is 1.79. The molecule has 17 heavy (non-hydrogen) atoms. The first-order chi connectivity index (χ1) is 8.15. The average molecular weight is 297 g/mol. The van der Waals surface area contributed by atoms with Crippen LogP contribution in [0.4, 0.5) is 0 Å². The van der Waals surface area contributed by atoms with Gasteiger partial charge in [0, 0.05) is 16.6 Å². The molecule has 1 aliphatic carbocycles. The van der Waals surface area contributed by atoms with E-state index in [1.165, 1.54) is 5.56 Å². The topological polar surface area (TPSA) is 41.1 Å². The highest BCUT2D eigenvalue weighted by molar-refractivity contribution is 9.10. The molecular formula is C13H17BrN2O. The lowest BCUT2D eigenvalue weighted by atomic mass is 10.1. The van der Waals surface area contributed by atoms with Crippen molar-refractivity contribution in [1.82, 2.24) is 10.6 Å². The number of amides is 1. The van der Waals surface area contributed by atoms with Crippen molar-refractivity contribution in [3.8, 4) is 0 Å². The lowest BCUT2D eigenvalue weighted by molar-refractivity contribution is -0.120. The maximum atomic E-state index is 11.5. The zero-order valence-electron chi connectivity index (χ0n) is 9.87. The van der Waals surface area contributed by atoms with E-state index in [1.807, 2.05) is 12.1 Å². The SMILES string of the molecule is CC(NCC(=O)NC1CC1)c1cccc(Br)c1. The van der Waals surface area contributed by atoms with Crippen LogP contribution in [0.25, 0.3) is 0 Å². The van der Waals surface area contributed by atoms with Gasteiger partial charge in [0.25, 0.3) is 0 Å². The lowest BCUT2D eigenvalue weighted by Crippen LogP contribution is -2.36. The molecule has 0 aromatic heterocycles. The Kier molecular flexibility index (Phi) is 4.18. The molecule has 1 amide bonds. The highest BCUT2D eigenvalue weighted by Crippen LogP contribution is 2.19. The molecule has 0 bridgehead atoms. The molecule has 92 valence electrons. The molecule has 0 aliphatic heterocycles. The van der Waals surface area contributed by atoms with Gasteiger partial charge < -0.3 is 10.6 Å². The molecule has 0 saturated heterocycles. The van der Waals surface area contributed by atoms with Crippen LogP contribution in [-0.4, -0.2) is 18.5 Å². The predicted molar refractivity (Wildman–Crippen MR) is 71.7 cm³/mol. The molecule has 0 spiro atoms. The van der Waals surface area contributed by atoms with E-state index in [1.54, 1.807) is 0 Å². The van der Waals surface area contributed by atoms with Gasteiger partial charge in [-0.05, 0) is 37.5 Å². The number of hydrogen-bond acceptors (Lipinski definition) is 2. The van der Waals surface area contributed by atoms with Crippen molar-refractivity contribution in [3.05, 3.63) is 34.3 Å². The van der Waals surface area contributed by atoms with Gasteiger partial charge in [0.2, 0.25) is 5.91 Å². The number of hydrogen-bond donors (Lipinski definition) is 2. The Morgan fingerprint density at radius 2 is 2.29 bits per heavy atom. The summed E-state index contributed by atoms with van der Waals surface area (Å²) in [6, 6.07) is 8.73. The summed E-state index contributed by atoms with van der Waals surface area (Å²) < 4.78 is 1.06. The van der Waals surface area contributed by atoms with Gasteiger partial charge in [-0.25, -0.2) is 0 Å². The summed E-state index contributed by atoms with van der Waals surface area (Å²) >= 11 is 3.44. The molecule has 1 aromatic carbocycles. The largest absolute Gasteiger partial charge is 0.352 e. The molecule has 0 heterocycles. The van der Waals surface area contributed by atoms with E-state index in [9.17, 15) is 4.79 Å². The van der Waals surface area contributed by atoms with E-state index in [0.717, 1.165) is 17.3 Å². The van der Waals surface area contributed by atoms with E-state index in [4.69, 9.17) is 0 Å². The number of nitrogens with one attached hydrogen (secondary N) is 2. The fourth-order valence-corrected chi connectivity index (χ4v) is 2.06. The Morgan fingerprint density at radius 1 is 1.53 bits per heavy atom. The smallest absolute Gasteiger partial charge is 0.234 e. The zero-order chi connectivity index (χ0) is 12.3. The standard InChI is InChI=1S/C13H17BrN2O/c1-9(10-3-2-4-11(14)7-10)15-8-13(17)16-12-5-6-12/h2-4,7,9,12,15H,5-6,8H2,1H3,(H,16,17). The molecule has 1 atom stereocenters. The van der Waals surface area contributed by atoms with Gasteiger partial charge in [-0.15, -0.1) is 0 Å². The second-order valence-corrected chi connectivity index (χ2v) is 5.42. The van der Waals surface area contributed by atoms with Crippen LogP contribution >= 0.6 is 15.9 Å². The summed E-state index contributed by atoms with van der Waals surface area (Å²) in [5.74, 6) is 0.0920. The average Bonchev–Trinajstić information content (AvgIpc) is 3.10. The molecule has 1 aromatic rings. The van der Waals surface area contributed by atoms with Gasteiger partial charge in [-0.1, -0.05) is 28.1 Å². The summed E-state index contributed by atoms with van der Waals surface area (Å²) in [7, 11) is 0. The molecule has 1 unspecified atom stereocenters. The first-order valence-corrected chi connectivity index (χ1v) is 6.72. The van der Waals surface area contributed by atoms with Gasteiger partial charge in [-0.3, -0.25) is 4.79 Å². The van der Waals surface area contributed by atoms with Crippen molar-refractivity contribution >= 4 is 21.8 Å². The Labute approximate surface area is 110 Å². The van der Waals surface area contributed by atoms with Crippen molar-refractivity contribution in [2.75, 3.05) is 6.54 Å². The molecular weight excluding hydrogens is 280 g/mol. The van der Waals surface area contributed by atoms with E-state index in [2.05, 4.69) is 45.6 Å². The molecule has 2 N–H and O–H groups in total. The quantitative estimate of drug-likeness (QED) is 0.876. The van der Waals surface area contributed by atoms with Crippen molar-refractivity contribution in [3.63, 3.8) is 0 Å². The van der Waals surface area contributed by atoms with E-state index >= 15 is 0 Å². The summed E-state index contributed by atoms with van der Waals surface area (Å²) in [6.45, 7) is 2.44. The number of carbonyl (C=O) groups excluding carboxylic acids is 1. The number of carbonyl (C=O) groups is 1. The first-order valence-electron chi connectivity index (χ1n) is 5.93. The number of halogens is 1. The summed E-state index contributed by atoms with van der Waals surface area (Å²) in [5.41, 5.74) is 1.18. The number of benzene rings is 1. The van der Waals surface area contributed by atoms with Gasteiger partial charge in [-0.2, -0.15) is 0 Å². The Hall–Kier alpha value is -0.870. The van der Waals surface area contributed by atoms with Gasteiger partial charge in [0.05, 0.1) is 6.54 Å². The number of rotatable bonds is 5. The Bertz CT molecular complexity index is 404. The van der Waals surface area contributed by atoms with Crippen molar-refractivity contribution in [2.45, 2.75) is 31.8 Å². The zero-order valence-corrected chi connectivity index (χ0v) is 11.5. The van der Waals surface area contributed by atoms with Crippen LogP contribution < -0.4 is 10.6 Å². The minimum Gasteiger partial charge on any atom is -0.352 e. The highest BCUT2D eigenvalue weighted by Gasteiger charge is 2.23. The summed E-state index contributed by atoms with van der Waals surface area (Å²) in [6.07, 6.45) is 2.26. The van der Waals surface area contributed by atoms with E-state index < -0.39 is 0 Å². The van der Waals surface area contributed by atoms with Gasteiger partial charge in [0.1, 0.15) is 0 Å². The fourth-order valence-electron chi connectivity index (χ4n) is 1.65. The van der Waals surface area contributed by atoms with Crippen LogP contribution in [0.5, 0.6) is 0 Å². The second-order valence-electron chi connectivity index (χ2n) is 4.50. The summed E-state index contributed by atoms with van der Waals surface area (Å²) in [5, 5.41) is 6.19. The molecule has 2 rings (SSSR count). The van der Waals surface area contributed by atoms with Crippen molar-refractivity contribution in [1.29, 1.82) is 0 Å². The third-order valence-corrected chi connectivity index (χ3v) is 3.35. The van der Waals surface area contributed by atoms with Crippen LogP contribution in [0.3, 0.4) is 0 Å². The molecule has 4 heteroatoms. The Morgan fingerprint density at radius 3 is 2.94 bits per heavy atom. The second kappa shape index (κ2) is 5.65. The normalized spacial score (nSPS) is 16.6. The fraction of sp³-hybridized carbons (Fsp3) is 0.462. The molecule has 1 aliphatic rings.